The van der Waals surface area contributed by atoms with Gasteiger partial charge >= 0.3 is 0 Å². The number of rotatable bonds is 7. The molecule has 0 heterocycles. The SMILES string of the molecule is CCC(CC)CC(CC)C(C)CC. The fourth-order valence-electron chi connectivity index (χ4n) is 2.18. The van der Waals surface area contributed by atoms with E-state index in [0.29, 0.717) is 0 Å². The van der Waals surface area contributed by atoms with Gasteiger partial charge in [-0.2, -0.15) is 0 Å². The lowest BCUT2D eigenvalue weighted by molar-refractivity contribution is 0.259. The molecule has 0 aliphatic rings. The van der Waals surface area contributed by atoms with Crippen molar-refractivity contribution in [3.8, 4) is 0 Å². The highest BCUT2D eigenvalue weighted by molar-refractivity contribution is 4.68. The Morgan fingerprint density at radius 1 is 0.769 bits per heavy atom. The largest absolute Gasteiger partial charge is 0.0651 e. The van der Waals surface area contributed by atoms with Crippen molar-refractivity contribution in [1.82, 2.24) is 0 Å². The Kier molecular flexibility index (Phi) is 7.41. The molecule has 0 bridgehead atoms. The minimum atomic E-state index is 0.922. The molecule has 0 heteroatoms. The standard InChI is InChI=1S/C13H28/c1-6-11(5)13(9-4)10-12(7-2)8-3/h11-13H,6-10H2,1-5H3. The fourth-order valence-corrected chi connectivity index (χ4v) is 2.18. The van der Waals surface area contributed by atoms with Gasteiger partial charge in [0.05, 0.1) is 0 Å². The average Bonchev–Trinajstić information content (AvgIpc) is 2.19. The maximum atomic E-state index is 2.41. The van der Waals surface area contributed by atoms with Crippen LogP contribution in [0.2, 0.25) is 0 Å². The summed E-state index contributed by atoms with van der Waals surface area (Å²) in [6.45, 7) is 11.7. The van der Waals surface area contributed by atoms with Crippen LogP contribution >= 0.6 is 0 Å². The molecular formula is C13H28. The molecule has 0 amide bonds. The summed E-state index contributed by atoms with van der Waals surface area (Å²) in [5.41, 5.74) is 0. The number of hydrogen-bond donors (Lipinski definition) is 0. The van der Waals surface area contributed by atoms with Gasteiger partial charge in [0.15, 0.2) is 0 Å². The van der Waals surface area contributed by atoms with E-state index in [4.69, 9.17) is 0 Å². The zero-order valence-electron chi connectivity index (χ0n) is 10.3. The summed E-state index contributed by atoms with van der Waals surface area (Å²) in [5.74, 6) is 2.86. The van der Waals surface area contributed by atoms with Gasteiger partial charge < -0.3 is 0 Å². The highest BCUT2D eigenvalue weighted by atomic mass is 14.2. The first-order chi connectivity index (χ1) is 6.19. The first kappa shape index (κ1) is 13.0. The molecule has 0 N–H and O–H groups in total. The van der Waals surface area contributed by atoms with Crippen molar-refractivity contribution in [3.63, 3.8) is 0 Å². The summed E-state index contributed by atoms with van der Waals surface area (Å²) in [4.78, 5) is 0. The van der Waals surface area contributed by atoms with Crippen molar-refractivity contribution in [3.05, 3.63) is 0 Å². The first-order valence-corrected chi connectivity index (χ1v) is 6.19. The molecule has 0 saturated heterocycles. The Morgan fingerprint density at radius 3 is 1.62 bits per heavy atom. The van der Waals surface area contributed by atoms with E-state index in [2.05, 4.69) is 34.6 Å². The second-order valence-corrected chi connectivity index (χ2v) is 4.47. The van der Waals surface area contributed by atoms with Gasteiger partial charge in [-0.25, -0.2) is 0 Å². The Morgan fingerprint density at radius 2 is 1.31 bits per heavy atom. The monoisotopic (exact) mass is 184 g/mol. The quantitative estimate of drug-likeness (QED) is 0.528. The first-order valence-electron chi connectivity index (χ1n) is 6.19. The van der Waals surface area contributed by atoms with Crippen LogP contribution in [0.25, 0.3) is 0 Å². The number of hydrogen-bond acceptors (Lipinski definition) is 0. The molecule has 0 saturated carbocycles. The third-order valence-corrected chi connectivity index (χ3v) is 3.76. The molecular weight excluding hydrogens is 156 g/mol. The maximum Gasteiger partial charge on any atom is -0.0389 e. The lowest BCUT2D eigenvalue weighted by Crippen LogP contribution is -2.14. The highest BCUT2D eigenvalue weighted by Gasteiger charge is 2.17. The summed E-state index contributed by atoms with van der Waals surface area (Å²) in [7, 11) is 0. The van der Waals surface area contributed by atoms with E-state index in [1.165, 1.54) is 32.1 Å². The summed E-state index contributed by atoms with van der Waals surface area (Å²) in [6.07, 6.45) is 6.90. The Bertz CT molecular complexity index is 103. The van der Waals surface area contributed by atoms with E-state index in [-0.39, 0.29) is 0 Å². The van der Waals surface area contributed by atoms with Crippen molar-refractivity contribution in [2.45, 2.75) is 66.7 Å². The van der Waals surface area contributed by atoms with Gasteiger partial charge in [0, 0.05) is 0 Å². The molecule has 13 heavy (non-hydrogen) atoms. The van der Waals surface area contributed by atoms with E-state index >= 15 is 0 Å². The van der Waals surface area contributed by atoms with Gasteiger partial charge in [-0.3, -0.25) is 0 Å². The smallest absolute Gasteiger partial charge is 0.0389 e. The molecule has 0 spiro atoms. The van der Waals surface area contributed by atoms with Crippen LogP contribution in [0.15, 0.2) is 0 Å². The second kappa shape index (κ2) is 7.41. The molecule has 0 radical (unpaired) electrons. The molecule has 80 valence electrons. The zero-order valence-corrected chi connectivity index (χ0v) is 10.3. The van der Waals surface area contributed by atoms with Crippen LogP contribution in [-0.4, -0.2) is 0 Å². The second-order valence-electron chi connectivity index (χ2n) is 4.47. The predicted octanol–water partition coefficient (Wildman–Crippen LogP) is 4.89. The zero-order chi connectivity index (χ0) is 10.3. The topological polar surface area (TPSA) is 0 Å². The van der Waals surface area contributed by atoms with Gasteiger partial charge in [0.1, 0.15) is 0 Å². The fraction of sp³-hybridized carbons (Fsp3) is 1.00. The minimum Gasteiger partial charge on any atom is -0.0651 e. The Labute approximate surface area is 85.1 Å². The molecule has 0 aliphatic heterocycles. The van der Waals surface area contributed by atoms with Gasteiger partial charge in [-0.15, -0.1) is 0 Å². The van der Waals surface area contributed by atoms with Crippen molar-refractivity contribution in [1.29, 1.82) is 0 Å². The lowest BCUT2D eigenvalue weighted by atomic mass is 9.81. The van der Waals surface area contributed by atoms with Crippen LogP contribution in [0.1, 0.15) is 66.7 Å². The molecule has 0 nitrogen and oxygen atoms in total. The van der Waals surface area contributed by atoms with Crippen LogP contribution < -0.4 is 0 Å². The summed E-state index contributed by atoms with van der Waals surface area (Å²) < 4.78 is 0. The van der Waals surface area contributed by atoms with Crippen LogP contribution in [0.5, 0.6) is 0 Å². The van der Waals surface area contributed by atoms with Gasteiger partial charge in [0.2, 0.25) is 0 Å². The van der Waals surface area contributed by atoms with Crippen molar-refractivity contribution < 1.29 is 0 Å². The summed E-state index contributed by atoms with van der Waals surface area (Å²) in [5, 5.41) is 0. The maximum absolute atomic E-state index is 2.41. The summed E-state index contributed by atoms with van der Waals surface area (Å²) >= 11 is 0. The molecule has 0 aromatic rings. The molecule has 0 aliphatic carbocycles. The van der Waals surface area contributed by atoms with Crippen molar-refractivity contribution in [2.24, 2.45) is 17.8 Å². The highest BCUT2D eigenvalue weighted by Crippen LogP contribution is 2.28. The van der Waals surface area contributed by atoms with Crippen LogP contribution in [-0.2, 0) is 0 Å². The van der Waals surface area contributed by atoms with Crippen LogP contribution in [0.4, 0.5) is 0 Å². The third-order valence-electron chi connectivity index (χ3n) is 3.76. The predicted molar refractivity (Wildman–Crippen MR) is 61.9 cm³/mol. The van der Waals surface area contributed by atoms with E-state index in [0.717, 1.165) is 17.8 Å². The average molecular weight is 184 g/mol. The normalized spacial score (nSPS) is 16.2. The molecule has 2 unspecified atom stereocenters. The van der Waals surface area contributed by atoms with Crippen LogP contribution in [0, 0.1) is 17.8 Å². The van der Waals surface area contributed by atoms with E-state index < -0.39 is 0 Å². The molecule has 0 fully saturated rings. The van der Waals surface area contributed by atoms with Gasteiger partial charge in [-0.1, -0.05) is 60.3 Å². The Balaban J connectivity index is 3.94. The van der Waals surface area contributed by atoms with E-state index in [1.54, 1.807) is 0 Å². The van der Waals surface area contributed by atoms with Gasteiger partial charge in [0.25, 0.3) is 0 Å². The van der Waals surface area contributed by atoms with Gasteiger partial charge in [-0.05, 0) is 24.2 Å². The molecule has 0 aromatic carbocycles. The molecule has 2 atom stereocenters. The minimum absolute atomic E-state index is 0.922. The van der Waals surface area contributed by atoms with E-state index in [1.807, 2.05) is 0 Å². The van der Waals surface area contributed by atoms with Crippen molar-refractivity contribution >= 4 is 0 Å². The Hall–Kier alpha value is 0. The van der Waals surface area contributed by atoms with Crippen LogP contribution in [0.3, 0.4) is 0 Å². The van der Waals surface area contributed by atoms with Crippen molar-refractivity contribution in [2.75, 3.05) is 0 Å². The molecule has 0 aromatic heterocycles. The summed E-state index contributed by atoms with van der Waals surface area (Å²) in [6, 6.07) is 0. The third kappa shape index (κ3) is 4.69. The van der Waals surface area contributed by atoms with E-state index in [9.17, 15) is 0 Å². The lowest BCUT2D eigenvalue weighted by Gasteiger charge is -2.25. The molecule has 0 rings (SSSR count).